The fourth-order valence-corrected chi connectivity index (χ4v) is 3.24. The molecular formula is C21H38N2O4. The number of nitrogens with one attached hydrogen (secondary N) is 2. The van der Waals surface area contributed by atoms with Gasteiger partial charge in [0.2, 0.25) is 11.8 Å². The smallest absolute Gasteiger partial charge is 0.305 e. The van der Waals surface area contributed by atoms with Crippen molar-refractivity contribution in [2.75, 3.05) is 6.61 Å². The topological polar surface area (TPSA) is 84.5 Å². The molecule has 1 aliphatic rings. The number of hydrogen-bond acceptors (Lipinski definition) is 4. The Hall–Kier alpha value is -1.59. The molecule has 0 aromatic rings. The summed E-state index contributed by atoms with van der Waals surface area (Å²) >= 11 is 0. The van der Waals surface area contributed by atoms with Gasteiger partial charge in [0.05, 0.1) is 6.61 Å². The van der Waals surface area contributed by atoms with Crippen LogP contribution in [0.4, 0.5) is 0 Å². The van der Waals surface area contributed by atoms with Crippen LogP contribution >= 0.6 is 0 Å². The van der Waals surface area contributed by atoms with Crippen LogP contribution < -0.4 is 10.6 Å². The molecule has 0 bridgehead atoms. The highest BCUT2D eigenvalue weighted by Gasteiger charge is 2.33. The molecule has 6 nitrogen and oxygen atoms in total. The Balaban J connectivity index is 2.21. The Morgan fingerprint density at radius 2 is 1.56 bits per heavy atom. The maximum absolute atomic E-state index is 12.1. The van der Waals surface area contributed by atoms with Crippen LogP contribution in [0.5, 0.6) is 0 Å². The summed E-state index contributed by atoms with van der Waals surface area (Å²) < 4.78 is 5.28. The van der Waals surface area contributed by atoms with Gasteiger partial charge >= 0.3 is 5.97 Å². The summed E-state index contributed by atoms with van der Waals surface area (Å²) in [6, 6.07) is -1.12. The lowest BCUT2D eigenvalue weighted by Crippen LogP contribution is -2.61. The van der Waals surface area contributed by atoms with Crippen molar-refractivity contribution in [3.63, 3.8) is 0 Å². The molecule has 1 fully saturated rings. The summed E-state index contributed by atoms with van der Waals surface area (Å²) in [7, 11) is 0. The highest BCUT2D eigenvalue weighted by Crippen LogP contribution is 2.15. The predicted octanol–water partition coefficient (Wildman–Crippen LogP) is 3.19. The molecule has 6 heteroatoms. The maximum Gasteiger partial charge on any atom is 0.305 e. The SMILES string of the molecule is CC(C)CCCC(C)CCOC(=O)CC[C@@H]1NC(=O)[C@H](CC(C)C)NC1=O. The van der Waals surface area contributed by atoms with E-state index in [1.807, 2.05) is 13.8 Å². The van der Waals surface area contributed by atoms with Gasteiger partial charge in [-0.15, -0.1) is 0 Å². The third kappa shape index (κ3) is 9.78. The zero-order valence-electron chi connectivity index (χ0n) is 17.7. The molecule has 2 amide bonds. The van der Waals surface area contributed by atoms with Gasteiger partial charge in [-0.1, -0.05) is 53.9 Å². The van der Waals surface area contributed by atoms with Crippen molar-refractivity contribution >= 4 is 17.8 Å². The van der Waals surface area contributed by atoms with Crippen LogP contribution in [0.15, 0.2) is 0 Å². The largest absolute Gasteiger partial charge is 0.466 e. The van der Waals surface area contributed by atoms with Gasteiger partial charge in [0.25, 0.3) is 0 Å². The van der Waals surface area contributed by atoms with Gasteiger partial charge in [0.15, 0.2) is 0 Å². The molecule has 2 N–H and O–H groups in total. The third-order valence-electron chi connectivity index (χ3n) is 4.96. The molecule has 0 aromatic carbocycles. The van der Waals surface area contributed by atoms with E-state index < -0.39 is 12.1 Å². The van der Waals surface area contributed by atoms with E-state index in [0.29, 0.717) is 24.9 Å². The fraction of sp³-hybridized carbons (Fsp3) is 0.857. The standard InChI is InChI=1S/C21H38N2O4/c1-14(2)7-6-8-16(5)11-12-27-19(24)10-9-17-20(25)23-18(13-15(3)4)21(26)22-17/h14-18H,6-13H2,1-5H3,(H,22,26)(H,23,25)/t16?,17-,18-/m0/s1. The second kappa shape index (κ2) is 12.0. The first kappa shape index (κ1) is 23.4. The van der Waals surface area contributed by atoms with Crippen molar-refractivity contribution < 1.29 is 19.1 Å². The highest BCUT2D eigenvalue weighted by atomic mass is 16.5. The normalized spacial score (nSPS) is 21.1. The minimum atomic E-state index is -0.650. The lowest BCUT2D eigenvalue weighted by molar-refractivity contribution is -0.145. The number of esters is 1. The van der Waals surface area contributed by atoms with Gasteiger partial charge in [-0.3, -0.25) is 14.4 Å². The van der Waals surface area contributed by atoms with E-state index in [2.05, 4.69) is 31.4 Å². The highest BCUT2D eigenvalue weighted by molar-refractivity contribution is 5.97. The maximum atomic E-state index is 12.1. The summed E-state index contributed by atoms with van der Waals surface area (Å²) in [5.41, 5.74) is 0. The second-order valence-corrected chi connectivity index (χ2v) is 8.73. The molecule has 156 valence electrons. The number of piperazine rings is 1. The lowest BCUT2D eigenvalue weighted by atomic mass is 9.98. The Morgan fingerprint density at radius 1 is 0.926 bits per heavy atom. The molecule has 0 saturated carbocycles. The molecule has 0 radical (unpaired) electrons. The van der Waals surface area contributed by atoms with Crippen LogP contribution in [0.25, 0.3) is 0 Å². The van der Waals surface area contributed by atoms with Crippen LogP contribution in [0.3, 0.4) is 0 Å². The van der Waals surface area contributed by atoms with E-state index >= 15 is 0 Å². The molecule has 1 aliphatic heterocycles. The molecule has 0 spiro atoms. The minimum absolute atomic E-state index is 0.134. The summed E-state index contributed by atoms with van der Waals surface area (Å²) in [5, 5.41) is 5.48. The zero-order chi connectivity index (χ0) is 20.4. The van der Waals surface area contributed by atoms with Crippen molar-refractivity contribution in [1.29, 1.82) is 0 Å². The fourth-order valence-electron chi connectivity index (χ4n) is 3.24. The van der Waals surface area contributed by atoms with Crippen LogP contribution in [-0.4, -0.2) is 36.5 Å². The summed E-state index contributed by atoms with van der Waals surface area (Å²) in [6.07, 6.45) is 5.48. The van der Waals surface area contributed by atoms with Crippen LogP contribution in [0, 0.1) is 17.8 Å². The molecule has 0 aromatic heterocycles. The van der Waals surface area contributed by atoms with Gasteiger partial charge in [-0.05, 0) is 37.0 Å². The summed E-state index contributed by atoms with van der Waals surface area (Å²) in [4.78, 5) is 36.1. The molecular weight excluding hydrogens is 344 g/mol. The van der Waals surface area contributed by atoms with Crippen molar-refractivity contribution in [2.24, 2.45) is 17.8 Å². The van der Waals surface area contributed by atoms with Crippen molar-refractivity contribution in [3.8, 4) is 0 Å². The van der Waals surface area contributed by atoms with Crippen molar-refractivity contribution in [3.05, 3.63) is 0 Å². The number of carbonyl (C=O) groups is 3. The summed E-state index contributed by atoms with van der Waals surface area (Å²) in [6.45, 7) is 11.1. The Bertz CT molecular complexity index is 491. The van der Waals surface area contributed by atoms with Crippen molar-refractivity contribution in [1.82, 2.24) is 10.6 Å². The second-order valence-electron chi connectivity index (χ2n) is 8.73. The van der Waals surface area contributed by atoms with E-state index in [1.54, 1.807) is 0 Å². The average Bonchev–Trinajstić information content (AvgIpc) is 2.55. The first-order valence-electron chi connectivity index (χ1n) is 10.4. The first-order valence-corrected chi connectivity index (χ1v) is 10.4. The van der Waals surface area contributed by atoms with Crippen LogP contribution in [0.1, 0.15) is 79.6 Å². The lowest BCUT2D eigenvalue weighted by Gasteiger charge is -2.30. The average molecular weight is 383 g/mol. The van der Waals surface area contributed by atoms with Gasteiger partial charge in [-0.2, -0.15) is 0 Å². The number of ether oxygens (including phenoxy) is 1. The van der Waals surface area contributed by atoms with E-state index in [-0.39, 0.29) is 30.6 Å². The number of carbonyl (C=O) groups excluding carboxylic acids is 3. The van der Waals surface area contributed by atoms with Gasteiger partial charge in [0, 0.05) is 6.42 Å². The van der Waals surface area contributed by atoms with E-state index in [0.717, 1.165) is 18.8 Å². The zero-order valence-corrected chi connectivity index (χ0v) is 17.7. The van der Waals surface area contributed by atoms with Gasteiger partial charge < -0.3 is 15.4 Å². The van der Waals surface area contributed by atoms with Crippen LogP contribution in [-0.2, 0) is 19.1 Å². The molecule has 1 heterocycles. The Kier molecular flexibility index (Phi) is 10.4. The molecule has 3 atom stereocenters. The first-order chi connectivity index (χ1) is 12.7. The van der Waals surface area contributed by atoms with Gasteiger partial charge in [-0.25, -0.2) is 0 Å². The van der Waals surface area contributed by atoms with Crippen molar-refractivity contribution in [2.45, 2.75) is 91.6 Å². The number of amides is 2. The molecule has 0 aliphatic carbocycles. The Morgan fingerprint density at radius 3 is 2.19 bits per heavy atom. The third-order valence-corrected chi connectivity index (χ3v) is 4.96. The monoisotopic (exact) mass is 382 g/mol. The molecule has 1 unspecified atom stereocenters. The Labute approximate surface area is 164 Å². The van der Waals surface area contributed by atoms with E-state index in [4.69, 9.17) is 4.74 Å². The predicted molar refractivity (Wildman–Crippen MR) is 106 cm³/mol. The van der Waals surface area contributed by atoms with E-state index in [1.165, 1.54) is 12.8 Å². The quantitative estimate of drug-likeness (QED) is 0.508. The summed E-state index contributed by atoms with van der Waals surface area (Å²) in [5.74, 6) is 0.894. The minimum Gasteiger partial charge on any atom is -0.466 e. The number of rotatable bonds is 12. The van der Waals surface area contributed by atoms with Gasteiger partial charge in [0.1, 0.15) is 12.1 Å². The molecule has 1 rings (SSSR count). The molecule has 27 heavy (non-hydrogen) atoms. The molecule has 1 saturated heterocycles. The number of hydrogen-bond donors (Lipinski definition) is 2. The van der Waals surface area contributed by atoms with E-state index in [9.17, 15) is 14.4 Å². The van der Waals surface area contributed by atoms with Crippen LogP contribution in [0.2, 0.25) is 0 Å².